The third-order valence-electron chi connectivity index (χ3n) is 3.08. The number of hydrogen-bond donors (Lipinski definition) is 0. The number of hydrogen-bond acceptors (Lipinski definition) is 6. The molecule has 0 bridgehead atoms. The minimum atomic E-state index is -0.952. The topological polar surface area (TPSA) is 52.6 Å². The second-order valence-corrected chi connectivity index (χ2v) is 6.72. The largest absolute Gasteiger partial charge is 0.419 e. The average molecular weight is 272 g/mol. The summed E-state index contributed by atoms with van der Waals surface area (Å²) in [7, 11) is 0. The lowest BCUT2D eigenvalue weighted by Gasteiger charge is -2.33. The fraction of sp³-hybridized carbons (Fsp3) is 0.636. The van der Waals surface area contributed by atoms with E-state index in [9.17, 15) is 9.59 Å². The van der Waals surface area contributed by atoms with Crippen LogP contribution in [0, 0.1) is 0 Å². The quantitative estimate of drug-likeness (QED) is 0.382. The number of ether oxygens (including phenoxy) is 2. The van der Waals surface area contributed by atoms with Gasteiger partial charge in [-0.1, -0.05) is 0 Å². The van der Waals surface area contributed by atoms with E-state index in [1.807, 2.05) is 0 Å². The Kier molecular flexibility index (Phi) is 2.86. The minimum Gasteiger partial charge on any atom is -0.419 e. The van der Waals surface area contributed by atoms with Crippen molar-refractivity contribution in [2.45, 2.75) is 31.5 Å². The number of carbonyl (C=O) groups excluding carboxylic acids is 2. The maximum atomic E-state index is 11.9. The van der Waals surface area contributed by atoms with Crippen molar-refractivity contribution in [1.29, 1.82) is 0 Å². The highest BCUT2D eigenvalue weighted by atomic mass is 32.2. The van der Waals surface area contributed by atoms with Crippen molar-refractivity contribution >= 4 is 35.5 Å². The van der Waals surface area contributed by atoms with E-state index in [0.29, 0.717) is 12.8 Å². The first kappa shape index (κ1) is 11.5. The molecule has 0 aromatic heterocycles. The summed E-state index contributed by atoms with van der Waals surface area (Å²) in [6, 6.07) is 0. The lowest BCUT2D eigenvalue weighted by Crippen LogP contribution is -2.44. The summed E-state index contributed by atoms with van der Waals surface area (Å²) in [5, 5.41) is 0. The molecule has 6 heteroatoms. The molecule has 0 atom stereocenters. The fourth-order valence-electron chi connectivity index (χ4n) is 2.28. The molecule has 0 unspecified atom stereocenters. The Balaban J connectivity index is 1.88. The molecule has 2 heterocycles. The molecular weight excluding hydrogens is 260 g/mol. The van der Waals surface area contributed by atoms with Crippen molar-refractivity contribution in [2.75, 3.05) is 11.5 Å². The third-order valence-corrected chi connectivity index (χ3v) is 5.80. The predicted octanol–water partition coefficient (Wildman–Crippen LogP) is 2.05. The van der Waals surface area contributed by atoms with Gasteiger partial charge in [0.15, 0.2) is 5.57 Å². The highest BCUT2D eigenvalue weighted by Gasteiger charge is 2.49. The predicted molar refractivity (Wildman–Crippen MR) is 65.3 cm³/mol. The van der Waals surface area contributed by atoms with Gasteiger partial charge in [-0.2, -0.15) is 0 Å². The molecule has 1 saturated carbocycles. The molecule has 1 aliphatic carbocycles. The van der Waals surface area contributed by atoms with Gasteiger partial charge in [0.05, 0.1) is 4.24 Å². The molecule has 2 saturated heterocycles. The molecule has 0 aromatic carbocycles. The summed E-state index contributed by atoms with van der Waals surface area (Å²) >= 11 is 3.06. The van der Waals surface area contributed by atoms with E-state index in [1.165, 1.54) is 23.5 Å². The van der Waals surface area contributed by atoms with Gasteiger partial charge in [-0.3, -0.25) is 0 Å². The van der Waals surface area contributed by atoms with E-state index in [1.54, 1.807) is 0 Å². The molecule has 0 radical (unpaired) electrons. The second-order valence-electron chi connectivity index (χ2n) is 4.26. The van der Waals surface area contributed by atoms with E-state index in [2.05, 4.69) is 0 Å². The Morgan fingerprint density at radius 2 is 1.47 bits per heavy atom. The molecule has 3 fully saturated rings. The Hall–Kier alpha value is -0.620. The maximum absolute atomic E-state index is 11.9. The summed E-state index contributed by atoms with van der Waals surface area (Å²) in [5.74, 6) is -0.101. The fourth-order valence-corrected chi connectivity index (χ4v) is 4.78. The highest BCUT2D eigenvalue weighted by molar-refractivity contribution is 8.25. The number of carbonyl (C=O) groups is 2. The van der Waals surface area contributed by atoms with E-state index in [-0.39, 0.29) is 5.57 Å². The van der Waals surface area contributed by atoms with Crippen molar-refractivity contribution < 1.29 is 19.1 Å². The highest BCUT2D eigenvalue weighted by Crippen LogP contribution is 2.44. The second kappa shape index (κ2) is 4.24. The van der Waals surface area contributed by atoms with Crippen LogP contribution in [0.3, 0.4) is 0 Å². The van der Waals surface area contributed by atoms with Crippen LogP contribution >= 0.6 is 23.5 Å². The van der Waals surface area contributed by atoms with Gasteiger partial charge in [0, 0.05) is 24.3 Å². The van der Waals surface area contributed by atoms with Crippen molar-refractivity contribution in [3.05, 3.63) is 9.81 Å². The van der Waals surface area contributed by atoms with Crippen LogP contribution < -0.4 is 0 Å². The van der Waals surface area contributed by atoms with Gasteiger partial charge in [0.1, 0.15) is 0 Å². The van der Waals surface area contributed by atoms with Crippen molar-refractivity contribution in [1.82, 2.24) is 0 Å². The molecule has 0 N–H and O–H groups in total. The number of thioether (sulfide) groups is 2. The monoisotopic (exact) mass is 272 g/mol. The van der Waals surface area contributed by atoms with Gasteiger partial charge in [0.2, 0.25) is 0 Å². The van der Waals surface area contributed by atoms with Crippen LogP contribution in [0.4, 0.5) is 0 Å². The van der Waals surface area contributed by atoms with Crippen LogP contribution in [-0.4, -0.2) is 29.2 Å². The summed E-state index contributed by atoms with van der Waals surface area (Å²) in [6.07, 6.45) is 3.15. The van der Waals surface area contributed by atoms with Gasteiger partial charge in [0.25, 0.3) is 5.79 Å². The zero-order valence-corrected chi connectivity index (χ0v) is 10.8. The van der Waals surface area contributed by atoms with Gasteiger partial charge in [-0.15, -0.1) is 23.5 Å². The average Bonchev–Trinajstić information content (AvgIpc) is 2.89. The van der Waals surface area contributed by atoms with Gasteiger partial charge in [-0.25, -0.2) is 9.59 Å². The van der Waals surface area contributed by atoms with Gasteiger partial charge in [-0.05, 0) is 12.8 Å². The van der Waals surface area contributed by atoms with E-state index in [0.717, 1.165) is 28.6 Å². The molecule has 92 valence electrons. The Labute approximate surface area is 107 Å². The zero-order valence-electron chi connectivity index (χ0n) is 9.19. The number of esters is 2. The van der Waals surface area contributed by atoms with Crippen LogP contribution in [0.5, 0.6) is 0 Å². The molecule has 2 aliphatic heterocycles. The van der Waals surface area contributed by atoms with Crippen LogP contribution in [0.25, 0.3) is 0 Å². The lowest BCUT2D eigenvalue weighted by atomic mass is 10.2. The number of rotatable bonds is 0. The molecule has 1 spiro atoms. The van der Waals surface area contributed by atoms with Crippen LogP contribution in [0.2, 0.25) is 0 Å². The zero-order chi connectivity index (χ0) is 11.9. The SMILES string of the molecule is O=C1OC2(CCCC2)OC(=O)C1=C1SCCS1. The maximum Gasteiger partial charge on any atom is 0.350 e. The molecule has 0 aromatic rings. The Morgan fingerprint density at radius 1 is 0.941 bits per heavy atom. The summed E-state index contributed by atoms with van der Waals surface area (Å²) < 4.78 is 11.5. The summed E-state index contributed by atoms with van der Waals surface area (Å²) in [6.45, 7) is 0. The first-order valence-corrected chi connectivity index (χ1v) is 7.64. The summed E-state index contributed by atoms with van der Waals surface area (Å²) in [4.78, 5) is 23.9. The van der Waals surface area contributed by atoms with Crippen LogP contribution in [-0.2, 0) is 19.1 Å². The molecule has 3 aliphatic rings. The van der Waals surface area contributed by atoms with Gasteiger partial charge >= 0.3 is 11.9 Å². The smallest absolute Gasteiger partial charge is 0.350 e. The third kappa shape index (κ3) is 1.97. The van der Waals surface area contributed by atoms with Crippen LogP contribution in [0.15, 0.2) is 9.81 Å². The first-order chi connectivity index (χ1) is 8.20. The van der Waals surface area contributed by atoms with Gasteiger partial charge < -0.3 is 9.47 Å². The van der Waals surface area contributed by atoms with Crippen molar-refractivity contribution in [2.24, 2.45) is 0 Å². The van der Waals surface area contributed by atoms with Crippen molar-refractivity contribution in [3.63, 3.8) is 0 Å². The molecule has 4 nitrogen and oxygen atoms in total. The minimum absolute atomic E-state index is 0.107. The van der Waals surface area contributed by atoms with E-state index < -0.39 is 17.7 Å². The Bertz CT molecular complexity index is 380. The Morgan fingerprint density at radius 3 is 2.00 bits per heavy atom. The first-order valence-electron chi connectivity index (χ1n) is 5.67. The van der Waals surface area contributed by atoms with E-state index in [4.69, 9.17) is 9.47 Å². The standard InChI is InChI=1S/C11H12O4S2/c12-8-7(10-16-5-6-17-10)9(13)15-11(14-8)3-1-2-4-11/h1-6H2. The van der Waals surface area contributed by atoms with Crippen molar-refractivity contribution in [3.8, 4) is 0 Å². The van der Waals surface area contributed by atoms with E-state index >= 15 is 0 Å². The lowest BCUT2D eigenvalue weighted by molar-refractivity contribution is -0.232. The normalized spacial score (nSPS) is 27.5. The molecule has 17 heavy (non-hydrogen) atoms. The summed E-state index contributed by atoms with van der Waals surface area (Å²) in [5.41, 5.74) is 0.107. The molecular formula is C11H12O4S2. The van der Waals surface area contributed by atoms with Crippen LogP contribution in [0.1, 0.15) is 25.7 Å². The molecule has 3 rings (SSSR count). The molecule has 0 amide bonds.